The number of nitrogens with zero attached hydrogens (tertiary/aromatic N) is 1. The number of piperidine rings is 1. The molecule has 0 aromatic heterocycles. The number of nitrogens with one attached hydrogen (secondary N) is 1. The van der Waals surface area contributed by atoms with E-state index >= 15 is 0 Å². The molecule has 1 amide bonds. The lowest BCUT2D eigenvalue weighted by Crippen LogP contribution is -2.30. The van der Waals surface area contributed by atoms with Gasteiger partial charge in [-0.15, -0.1) is 0 Å². The van der Waals surface area contributed by atoms with E-state index in [-0.39, 0.29) is 5.91 Å². The third-order valence-electron chi connectivity index (χ3n) is 3.90. The van der Waals surface area contributed by atoms with E-state index in [4.69, 9.17) is 5.11 Å². The van der Waals surface area contributed by atoms with Gasteiger partial charge in [0.1, 0.15) is 0 Å². The van der Waals surface area contributed by atoms with Crippen LogP contribution in [-0.2, 0) is 9.59 Å². The molecule has 0 aliphatic carbocycles. The molecule has 1 saturated heterocycles. The first-order valence-corrected chi connectivity index (χ1v) is 7.38. The molecule has 5 heteroatoms. The lowest BCUT2D eigenvalue weighted by Gasteiger charge is -2.31. The van der Waals surface area contributed by atoms with E-state index in [1.54, 1.807) is 13.0 Å². The van der Waals surface area contributed by atoms with Gasteiger partial charge in [-0.25, -0.2) is 0 Å². The monoisotopic (exact) mass is 290 g/mol. The van der Waals surface area contributed by atoms with Crippen LogP contribution in [0.25, 0.3) is 0 Å². The van der Waals surface area contributed by atoms with E-state index in [1.165, 1.54) is 13.3 Å². The van der Waals surface area contributed by atoms with Gasteiger partial charge in [-0.05, 0) is 43.9 Å². The van der Waals surface area contributed by atoms with Crippen LogP contribution in [0, 0.1) is 0 Å². The summed E-state index contributed by atoms with van der Waals surface area (Å²) < 4.78 is 0. The van der Waals surface area contributed by atoms with Crippen LogP contribution in [0.2, 0.25) is 0 Å². The van der Waals surface area contributed by atoms with Crippen LogP contribution >= 0.6 is 0 Å². The van der Waals surface area contributed by atoms with Crippen molar-refractivity contribution in [3.05, 3.63) is 23.8 Å². The molecule has 2 N–H and O–H groups in total. The Kier molecular flexibility index (Phi) is 4.83. The van der Waals surface area contributed by atoms with Crippen LogP contribution in [0.5, 0.6) is 0 Å². The van der Waals surface area contributed by atoms with Crippen LogP contribution < -0.4 is 10.2 Å². The topological polar surface area (TPSA) is 69.6 Å². The minimum absolute atomic E-state index is 0.145. The fraction of sp³-hybridized carbons (Fsp3) is 0.500. The largest absolute Gasteiger partial charge is 0.481 e. The molecule has 0 radical (unpaired) electrons. The van der Waals surface area contributed by atoms with E-state index in [2.05, 4.69) is 10.2 Å². The van der Waals surface area contributed by atoms with Crippen molar-refractivity contribution < 1.29 is 14.7 Å². The first-order chi connectivity index (χ1) is 9.99. The van der Waals surface area contributed by atoms with Crippen molar-refractivity contribution in [2.24, 2.45) is 0 Å². The summed E-state index contributed by atoms with van der Waals surface area (Å²) in [5.74, 6) is -1.60. The molecule has 0 bridgehead atoms. The van der Waals surface area contributed by atoms with Crippen molar-refractivity contribution in [1.82, 2.24) is 0 Å². The molecule has 1 heterocycles. The van der Waals surface area contributed by atoms with Gasteiger partial charge in [0.25, 0.3) is 0 Å². The Labute approximate surface area is 125 Å². The average molecular weight is 290 g/mol. The van der Waals surface area contributed by atoms with Gasteiger partial charge in [0.05, 0.1) is 17.3 Å². The highest BCUT2D eigenvalue weighted by molar-refractivity contribution is 5.93. The van der Waals surface area contributed by atoms with Gasteiger partial charge in [-0.3, -0.25) is 9.59 Å². The number of benzene rings is 1. The van der Waals surface area contributed by atoms with Gasteiger partial charge >= 0.3 is 5.97 Å². The van der Waals surface area contributed by atoms with Crippen molar-refractivity contribution in [2.45, 2.75) is 39.0 Å². The molecule has 1 aromatic rings. The summed E-state index contributed by atoms with van der Waals surface area (Å²) >= 11 is 0. The Hall–Kier alpha value is -2.04. The zero-order chi connectivity index (χ0) is 15.4. The maximum absolute atomic E-state index is 11.4. The molecule has 2 rings (SSSR count). The molecule has 1 aliphatic heterocycles. The second kappa shape index (κ2) is 6.61. The normalized spacial score (nSPS) is 16.4. The van der Waals surface area contributed by atoms with Gasteiger partial charge in [-0.1, -0.05) is 6.07 Å². The summed E-state index contributed by atoms with van der Waals surface area (Å²) in [6.45, 7) is 5.06. The van der Waals surface area contributed by atoms with Gasteiger partial charge in [-0.2, -0.15) is 0 Å². The summed E-state index contributed by atoms with van der Waals surface area (Å²) in [5.41, 5.74) is 2.38. The third kappa shape index (κ3) is 3.74. The summed E-state index contributed by atoms with van der Waals surface area (Å²) in [4.78, 5) is 24.8. The van der Waals surface area contributed by atoms with Crippen molar-refractivity contribution in [2.75, 3.05) is 23.3 Å². The number of hydrogen-bond acceptors (Lipinski definition) is 3. The number of carbonyl (C=O) groups excluding carboxylic acids is 1. The molecule has 114 valence electrons. The van der Waals surface area contributed by atoms with Gasteiger partial charge in [0, 0.05) is 20.0 Å². The van der Waals surface area contributed by atoms with E-state index in [1.807, 2.05) is 12.1 Å². The fourth-order valence-corrected chi connectivity index (χ4v) is 2.67. The van der Waals surface area contributed by atoms with Gasteiger partial charge in [0.2, 0.25) is 5.91 Å². The standard InChI is InChI=1S/C16H22N2O3/c1-11(16(20)21)13-6-7-15(14(10-13)17-12(2)19)18-8-4-3-5-9-18/h6-7,10-11H,3-5,8-9H2,1-2H3,(H,17,19)(H,20,21). The highest BCUT2D eigenvalue weighted by Gasteiger charge is 2.19. The van der Waals surface area contributed by atoms with Crippen molar-refractivity contribution in [3.63, 3.8) is 0 Å². The van der Waals surface area contributed by atoms with Crippen LogP contribution in [-0.4, -0.2) is 30.1 Å². The molecule has 1 aliphatic rings. The molecule has 1 aromatic carbocycles. The Morgan fingerprint density at radius 2 is 1.90 bits per heavy atom. The first-order valence-electron chi connectivity index (χ1n) is 7.38. The fourth-order valence-electron chi connectivity index (χ4n) is 2.67. The molecule has 0 saturated carbocycles. The minimum Gasteiger partial charge on any atom is -0.481 e. The third-order valence-corrected chi connectivity index (χ3v) is 3.90. The van der Waals surface area contributed by atoms with E-state index in [0.29, 0.717) is 11.3 Å². The number of rotatable bonds is 4. The van der Waals surface area contributed by atoms with E-state index < -0.39 is 11.9 Å². The lowest BCUT2D eigenvalue weighted by atomic mass is 9.99. The Morgan fingerprint density at radius 1 is 1.24 bits per heavy atom. The smallest absolute Gasteiger partial charge is 0.310 e. The zero-order valence-electron chi connectivity index (χ0n) is 12.6. The number of aliphatic carboxylic acids is 1. The first kappa shape index (κ1) is 15.4. The molecule has 1 unspecified atom stereocenters. The van der Waals surface area contributed by atoms with E-state index in [9.17, 15) is 9.59 Å². The Bertz CT molecular complexity index is 536. The number of carboxylic acids is 1. The predicted molar refractivity (Wildman–Crippen MR) is 82.9 cm³/mol. The number of amides is 1. The highest BCUT2D eigenvalue weighted by Crippen LogP contribution is 2.32. The van der Waals surface area contributed by atoms with Crippen LogP contribution in [0.1, 0.15) is 44.6 Å². The number of hydrogen-bond donors (Lipinski definition) is 2. The Balaban J connectivity index is 2.34. The van der Waals surface area contributed by atoms with Crippen LogP contribution in [0.3, 0.4) is 0 Å². The van der Waals surface area contributed by atoms with Crippen molar-refractivity contribution >= 4 is 23.3 Å². The molecule has 21 heavy (non-hydrogen) atoms. The Morgan fingerprint density at radius 3 is 2.48 bits per heavy atom. The number of carbonyl (C=O) groups is 2. The summed E-state index contributed by atoms with van der Waals surface area (Å²) in [6.07, 6.45) is 3.53. The number of anilines is 2. The van der Waals surface area contributed by atoms with Gasteiger partial charge in [0.15, 0.2) is 0 Å². The second-order valence-electron chi connectivity index (χ2n) is 5.57. The maximum Gasteiger partial charge on any atom is 0.310 e. The lowest BCUT2D eigenvalue weighted by molar-refractivity contribution is -0.138. The molecule has 5 nitrogen and oxygen atoms in total. The average Bonchev–Trinajstić information content (AvgIpc) is 2.46. The highest BCUT2D eigenvalue weighted by atomic mass is 16.4. The minimum atomic E-state index is -0.866. The maximum atomic E-state index is 11.4. The van der Waals surface area contributed by atoms with Crippen molar-refractivity contribution in [1.29, 1.82) is 0 Å². The zero-order valence-corrected chi connectivity index (χ0v) is 12.6. The SMILES string of the molecule is CC(=O)Nc1cc(C(C)C(=O)O)ccc1N1CCCCC1. The summed E-state index contributed by atoms with van der Waals surface area (Å²) in [7, 11) is 0. The molecular formula is C16H22N2O3. The second-order valence-corrected chi connectivity index (χ2v) is 5.57. The van der Waals surface area contributed by atoms with Crippen LogP contribution in [0.15, 0.2) is 18.2 Å². The summed E-state index contributed by atoms with van der Waals surface area (Å²) in [6, 6.07) is 5.55. The van der Waals surface area contributed by atoms with E-state index in [0.717, 1.165) is 31.6 Å². The predicted octanol–water partition coefficient (Wildman–Crippen LogP) is 2.82. The number of carboxylic acid groups (broad SMARTS) is 1. The summed E-state index contributed by atoms with van der Waals surface area (Å²) in [5, 5.41) is 12.0. The molecular weight excluding hydrogens is 268 g/mol. The molecule has 0 spiro atoms. The molecule has 1 fully saturated rings. The quantitative estimate of drug-likeness (QED) is 0.894. The van der Waals surface area contributed by atoms with Crippen molar-refractivity contribution in [3.8, 4) is 0 Å². The van der Waals surface area contributed by atoms with Crippen LogP contribution in [0.4, 0.5) is 11.4 Å². The molecule has 1 atom stereocenters. The van der Waals surface area contributed by atoms with Gasteiger partial charge < -0.3 is 15.3 Å².